The second kappa shape index (κ2) is 9.46. The van der Waals surface area contributed by atoms with E-state index in [9.17, 15) is 19.5 Å². The van der Waals surface area contributed by atoms with Crippen LogP contribution in [0.25, 0.3) is 11.1 Å². The first-order chi connectivity index (χ1) is 16.1. The minimum absolute atomic E-state index is 0.0242. The molecule has 1 amide bonds. The fourth-order valence-corrected chi connectivity index (χ4v) is 4.59. The average molecular weight is 468 g/mol. The molecule has 0 aromatic heterocycles. The number of rotatable bonds is 6. The van der Waals surface area contributed by atoms with E-state index in [1.807, 2.05) is 48.5 Å². The average Bonchev–Trinajstić information content (AvgIpc) is 3.35. The van der Waals surface area contributed by atoms with Crippen molar-refractivity contribution >= 4 is 18.0 Å². The largest absolute Gasteiger partial charge is 0.480 e. The zero-order valence-electron chi connectivity index (χ0n) is 19.5. The molecule has 0 unspecified atom stereocenters. The molecule has 1 aliphatic heterocycles. The van der Waals surface area contributed by atoms with Crippen LogP contribution in [0.5, 0.6) is 0 Å². The SMILES string of the molecule is CC(C)(C)OC(=O)CO[C@H]1C[C@@H](C(=O)O)N(C(=O)OCC2c3ccccc3-c3ccccc32)C1. The van der Waals surface area contributed by atoms with Crippen LogP contribution in [0.2, 0.25) is 0 Å². The van der Waals surface area contributed by atoms with Gasteiger partial charge in [0, 0.05) is 12.3 Å². The van der Waals surface area contributed by atoms with Crippen LogP contribution in [0.15, 0.2) is 48.5 Å². The summed E-state index contributed by atoms with van der Waals surface area (Å²) < 4.78 is 16.4. The minimum atomic E-state index is -1.14. The number of nitrogens with zero attached hydrogens (tertiary/aromatic N) is 1. The molecule has 0 bridgehead atoms. The van der Waals surface area contributed by atoms with Gasteiger partial charge < -0.3 is 19.3 Å². The van der Waals surface area contributed by atoms with Crippen molar-refractivity contribution in [3.8, 4) is 11.1 Å². The van der Waals surface area contributed by atoms with E-state index in [1.54, 1.807) is 20.8 Å². The summed E-state index contributed by atoms with van der Waals surface area (Å²) in [7, 11) is 0. The number of ether oxygens (including phenoxy) is 3. The Balaban J connectivity index is 1.39. The number of hydrogen-bond donors (Lipinski definition) is 1. The lowest BCUT2D eigenvalue weighted by atomic mass is 9.98. The summed E-state index contributed by atoms with van der Waals surface area (Å²) in [6.07, 6.45) is -1.24. The zero-order valence-corrected chi connectivity index (χ0v) is 19.5. The van der Waals surface area contributed by atoms with Crippen LogP contribution >= 0.6 is 0 Å². The predicted molar refractivity (Wildman–Crippen MR) is 123 cm³/mol. The Hall–Kier alpha value is -3.39. The van der Waals surface area contributed by atoms with Crippen molar-refractivity contribution in [1.29, 1.82) is 0 Å². The highest BCUT2D eigenvalue weighted by atomic mass is 16.6. The van der Waals surface area contributed by atoms with Gasteiger partial charge in [0.2, 0.25) is 0 Å². The maximum atomic E-state index is 12.9. The molecule has 180 valence electrons. The van der Waals surface area contributed by atoms with Gasteiger partial charge >= 0.3 is 18.0 Å². The van der Waals surface area contributed by atoms with Crippen molar-refractivity contribution in [2.24, 2.45) is 0 Å². The Morgan fingerprint density at radius 3 is 2.15 bits per heavy atom. The lowest BCUT2D eigenvalue weighted by Gasteiger charge is -2.22. The molecule has 1 saturated heterocycles. The number of carboxylic acids is 1. The molecule has 2 atom stereocenters. The van der Waals surface area contributed by atoms with Gasteiger partial charge in [0.25, 0.3) is 0 Å². The molecule has 1 heterocycles. The summed E-state index contributed by atoms with van der Waals surface area (Å²) in [5.41, 5.74) is 3.73. The summed E-state index contributed by atoms with van der Waals surface area (Å²) in [6, 6.07) is 14.9. The Bertz CT molecular complexity index is 1050. The first kappa shape index (κ1) is 23.8. The van der Waals surface area contributed by atoms with Crippen molar-refractivity contribution in [3.05, 3.63) is 59.7 Å². The normalized spacial score (nSPS) is 19.4. The van der Waals surface area contributed by atoms with E-state index < -0.39 is 35.8 Å². The molecule has 8 nitrogen and oxygen atoms in total. The van der Waals surface area contributed by atoms with Crippen LogP contribution in [-0.2, 0) is 23.8 Å². The lowest BCUT2D eigenvalue weighted by Crippen LogP contribution is -2.41. The third-order valence-electron chi connectivity index (χ3n) is 5.98. The van der Waals surface area contributed by atoms with Gasteiger partial charge in [0.05, 0.1) is 12.6 Å². The van der Waals surface area contributed by atoms with Crippen LogP contribution in [0.1, 0.15) is 44.2 Å². The third-order valence-corrected chi connectivity index (χ3v) is 5.98. The van der Waals surface area contributed by atoms with Crippen LogP contribution in [0.4, 0.5) is 4.79 Å². The Kier molecular flexibility index (Phi) is 6.61. The minimum Gasteiger partial charge on any atom is -0.480 e. The van der Waals surface area contributed by atoms with Crippen molar-refractivity contribution in [2.45, 2.75) is 50.9 Å². The number of aliphatic carboxylic acids is 1. The number of carbonyl (C=O) groups is 3. The molecule has 2 aromatic carbocycles. The van der Waals surface area contributed by atoms with E-state index in [0.717, 1.165) is 27.2 Å². The van der Waals surface area contributed by atoms with Gasteiger partial charge in [-0.3, -0.25) is 4.90 Å². The molecular weight excluding hydrogens is 438 g/mol. The van der Waals surface area contributed by atoms with E-state index in [1.165, 1.54) is 0 Å². The summed E-state index contributed by atoms with van der Waals surface area (Å²) in [5, 5.41) is 9.62. The van der Waals surface area contributed by atoms with Crippen LogP contribution in [-0.4, -0.2) is 65.5 Å². The zero-order chi connectivity index (χ0) is 24.5. The quantitative estimate of drug-likeness (QED) is 0.644. The van der Waals surface area contributed by atoms with Gasteiger partial charge in [-0.25, -0.2) is 14.4 Å². The van der Waals surface area contributed by atoms with Crippen molar-refractivity contribution in [2.75, 3.05) is 19.8 Å². The molecule has 1 N–H and O–H groups in total. The van der Waals surface area contributed by atoms with Gasteiger partial charge in [-0.2, -0.15) is 0 Å². The van der Waals surface area contributed by atoms with E-state index >= 15 is 0 Å². The van der Waals surface area contributed by atoms with Crippen LogP contribution in [0.3, 0.4) is 0 Å². The Labute approximate surface area is 198 Å². The fourth-order valence-electron chi connectivity index (χ4n) is 4.59. The number of esters is 1. The van der Waals surface area contributed by atoms with Crippen molar-refractivity contribution in [1.82, 2.24) is 4.90 Å². The van der Waals surface area contributed by atoms with Gasteiger partial charge in [-0.05, 0) is 43.0 Å². The molecule has 34 heavy (non-hydrogen) atoms. The molecule has 1 fully saturated rings. The molecule has 0 radical (unpaired) electrons. The van der Waals surface area contributed by atoms with Crippen LogP contribution in [0, 0.1) is 0 Å². The first-order valence-corrected chi connectivity index (χ1v) is 11.3. The Morgan fingerprint density at radius 1 is 1.00 bits per heavy atom. The number of benzene rings is 2. The maximum Gasteiger partial charge on any atom is 0.410 e. The number of amides is 1. The standard InChI is InChI=1S/C26H29NO7/c1-26(2,3)34-23(28)15-32-16-12-22(24(29)30)27(13-16)25(31)33-14-21-19-10-6-4-8-17(19)18-9-5-7-11-20(18)21/h4-11,16,21-22H,12-15H2,1-3H3,(H,29,30)/t16-,22-/m0/s1. The highest BCUT2D eigenvalue weighted by Crippen LogP contribution is 2.44. The monoisotopic (exact) mass is 467 g/mol. The number of likely N-dealkylation sites (tertiary alicyclic amines) is 1. The molecule has 0 saturated carbocycles. The van der Waals surface area contributed by atoms with Crippen molar-refractivity contribution in [3.63, 3.8) is 0 Å². The Morgan fingerprint density at radius 2 is 1.59 bits per heavy atom. The van der Waals surface area contributed by atoms with Gasteiger partial charge in [0.1, 0.15) is 24.9 Å². The number of fused-ring (bicyclic) bond motifs is 3. The highest BCUT2D eigenvalue weighted by molar-refractivity contribution is 5.82. The summed E-state index contributed by atoms with van der Waals surface area (Å²) in [6.45, 7) is 5.06. The van der Waals surface area contributed by atoms with E-state index in [0.29, 0.717) is 0 Å². The van der Waals surface area contributed by atoms with Crippen molar-refractivity contribution < 1.29 is 33.7 Å². The number of hydrogen-bond acceptors (Lipinski definition) is 6. The van der Waals surface area contributed by atoms with Gasteiger partial charge in [-0.1, -0.05) is 48.5 Å². The van der Waals surface area contributed by atoms with Gasteiger partial charge in [0.15, 0.2) is 0 Å². The maximum absolute atomic E-state index is 12.9. The smallest absolute Gasteiger partial charge is 0.410 e. The van der Waals surface area contributed by atoms with E-state index in [4.69, 9.17) is 14.2 Å². The lowest BCUT2D eigenvalue weighted by molar-refractivity contribution is -0.162. The molecule has 2 aromatic rings. The fraction of sp³-hybridized carbons (Fsp3) is 0.423. The topological polar surface area (TPSA) is 102 Å². The van der Waals surface area contributed by atoms with E-state index in [2.05, 4.69) is 0 Å². The number of carboxylic acid groups (broad SMARTS) is 1. The molecule has 2 aliphatic rings. The summed E-state index contributed by atoms with van der Waals surface area (Å²) in [5.74, 6) is -1.81. The highest BCUT2D eigenvalue weighted by Gasteiger charge is 2.42. The molecule has 4 rings (SSSR count). The first-order valence-electron chi connectivity index (χ1n) is 11.3. The molecular formula is C26H29NO7. The van der Waals surface area contributed by atoms with Gasteiger partial charge in [-0.15, -0.1) is 0 Å². The summed E-state index contributed by atoms with van der Waals surface area (Å²) in [4.78, 5) is 37.8. The number of carbonyl (C=O) groups excluding carboxylic acids is 2. The summed E-state index contributed by atoms with van der Waals surface area (Å²) >= 11 is 0. The van der Waals surface area contributed by atoms with Crippen LogP contribution < -0.4 is 0 Å². The molecule has 0 spiro atoms. The molecule has 1 aliphatic carbocycles. The second-order valence-electron chi connectivity index (χ2n) is 9.57. The third kappa shape index (κ3) is 5.07. The second-order valence-corrected chi connectivity index (χ2v) is 9.57. The van der Waals surface area contributed by atoms with E-state index in [-0.39, 0.29) is 32.1 Å². The predicted octanol–water partition coefficient (Wildman–Crippen LogP) is 3.82. The molecule has 8 heteroatoms.